The van der Waals surface area contributed by atoms with Gasteiger partial charge in [0.05, 0.1) is 18.9 Å². The van der Waals surface area contributed by atoms with E-state index in [4.69, 9.17) is 14.1 Å². The Bertz CT molecular complexity index is 1070. The number of nitrogens with one attached hydrogen (secondary N) is 2. The van der Waals surface area contributed by atoms with Crippen molar-refractivity contribution in [2.24, 2.45) is 0 Å². The summed E-state index contributed by atoms with van der Waals surface area (Å²) in [5.41, 5.74) is 3.39. The summed E-state index contributed by atoms with van der Waals surface area (Å²) in [4.78, 5) is 18.7. The van der Waals surface area contributed by atoms with Gasteiger partial charge in [-0.15, -0.1) is 5.10 Å². The highest BCUT2D eigenvalue weighted by molar-refractivity contribution is 5.99. The smallest absolute Gasteiger partial charge is 0.321 e. The molecule has 0 saturated carbocycles. The number of amides is 1. The average molecular weight is 420 g/mol. The van der Waals surface area contributed by atoms with E-state index in [0.717, 1.165) is 49.7 Å². The molecule has 0 atom stereocenters. The van der Waals surface area contributed by atoms with Crippen LogP contribution >= 0.6 is 0 Å². The van der Waals surface area contributed by atoms with Gasteiger partial charge in [0, 0.05) is 37.8 Å². The fourth-order valence-electron chi connectivity index (χ4n) is 3.31. The number of rotatable bonds is 7. The van der Waals surface area contributed by atoms with E-state index >= 15 is 0 Å². The van der Waals surface area contributed by atoms with Crippen molar-refractivity contribution >= 4 is 23.4 Å². The number of ether oxygens (including phenoxy) is 1. The van der Waals surface area contributed by atoms with Gasteiger partial charge in [0.25, 0.3) is 0 Å². The fourth-order valence-corrected chi connectivity index (χ4v) is 3.31. The summed E-state index contributed by atoms with van der Waals surface area (Å²) in [5, 5.41) is 13.7. The largest absolute Gasteiger partial charge is 0.408 e. The van der Waals surface area contributed by atoms with Crippen molar-refractivity contribution in [1.29, 1.82) is 0 Å². The van der Waals surface area contributed by atoms with Gasteiger partial charge in [-0.2, -0.15) is 0 Å². The minimum absolute atomic E-state index is 0.264. The molecule has 0 unspecified atom stereocenters. The number of carbonyl (C=O) groups is 1. The first-order chi connectivity index (χ1) is 15.1. The Labute approximate surface area is 180 Å². The minimum atomic E-state index is -0.264. The molecule has 3 heterocycles. The fraction of sp³-hybridized carbons (Fsp3) is 0.273. The molecule has 0 spiro atoms. The third kappa shape index (κ3) is 5.53. The van der Waals surface area contributed by atoms with E-state index < -0.39 is 0 Å². The lowest BCUT2D eigenvalue weighted by Gasteiger charge is -2.26. The minimum Gasteiger partial charge on any atom is -0.408 e. The van der Waals surface area contributed by atoms with Gasteiger partial charge in [-0.1, -0.05) is 23.8 Å². The van der Waals surface area contributed by atoms with Gasteiger partial charge in [-0.3, -0.25) is 15.0 Å². The molecule has 31 heavy (non-hydrogen) atoms. The number of benzene rings is 1. The highest BCUT2D eigenvalue weighted by Crippen LogP contribution is 2.26. The molecule has 2 N–H and O–H groups in total. The number of anilines is 3. The molecule has 1 amide bonds. The summed E-state index contributed by atoms with van der Waals surface area (Å²) >= 11 is 0. The first-order valence-electron chi connectivity index (χ1n) is 10.0. The van der Waals surface area contributed by atoms with Crippen LogP contribution in [0.1, 0.15) is 11.5 Å². The van der Waals surface area contributed by atoms with Crippen molar-refractivity contribution < 1.29 is 13.9 Å². The molecule has 3 aromatic rings. The number of pyridine rings is 1. The van der Waals surface area contributed by atoms with E-state index in [1.807, 2.05) is 36.4 Å². The summed E-state index contributed by atoms with van der Waals surface area (Å²) in [7, 11) is 0. The Kier molecular flexibility index (Phi) is 6.34. The van der Waals surface area contributed by atoms with E-state index in [1.165, 1.54) is 6.08 Å². The van der Waals surface area contributed by atoms with Crippen molar-refractivity contribution in [3.05, 3.63) is 60.5 Å². The van der Waals surface area contributed by atoms with Crippen LogP contribution < -0.4 is 10.6 Å². The van der Waals surface area contributed by atoms with E-state index in [9.17, 15) is 4.79 Å². The first kappa shape index (κ1) is 20.7. The third-order valence-corrected chi connectivity index (χ3v) is 4.77. The first-order valence-corrected chi connectivity index (χ1v) is 10.0. The molecule has 9 heteroatoms. The molecule has 0 aliphatic carbocycles. The summed E-state index contributed by atoms with van der Waals surface area (Å²) in [6, 6.07) is 11.8. The predicted octanol–water partition coefficient (Wildman–Crippen LogP) is 3.14. The molecule has 1 aliphatic heterocycles. The van der Waals surface area contributed by atoms with Gasteiger partial charge in [0.2, 0.25) is 11.8 Å². The van der Waals surface area contributed by atoms with Crippen molar-refractivity contribution in [1.82, 2.24) is 20.1 Å². The molecule has 4 rings (SSSR count). The summed E-state index contributed by atoms with van der Waals surface area (Å²) in [6.45, 7) is 9.22. The zero-order valence-corrected chi connectivity index (χ0v) is 17.3. The maximum Gasteiger partial charge on any atom is 0.321 e. The Morgan fingerprint density at radius 3 is 2.81 bits per heavy atom. The molecule has 1 aliphatic rings. The second-order valence-corrected chi connectivity index (χ2v) is 7.16. The van der Waals surface area contributed by atoms with Crippen molar-refractivity contribution in [2.45, 2.75) is 13.5 Å². The van der Waals surface area contributed by atoms with Crippen LogP contribution in [-0.4, -0.2) is 52.3 Å². The molecule has 2 aromatic heterocycles. The van der Waals surface area contributed by atoms with Crippen LogP contribution in [0.4, 0.5) is 17.5 Å². The van der Waals surface area contributed by atoms with E-state index in [-0.39, 0.29) is 11.9 Å². The van der Waals surface area contributed by atoms with Crippen LogP contribution in [-0.2, 0) is 16.1 Å². The summed E-state index contributed by atoms with van der Waals surface area (Å²) in [6.07, 6.45) is 1.24. The monoisotopic (exact) mass is 420 g/mol. The van der Waals surface area contributed by atoms with Crippen LogP contribution in [0.25, 0.3) is 11.3 Å². The Morgan fingerprint density at radius 2 is 2.06 bits per heavy atom. The number of aryl methyl sites for hydroxylation is 1. The van der Waals surface area contributed by atoms with Crippen LogP contribution in [0.15, 0.2) is 53.5 Å². The lowest BCUT2D eigenvalue weighted by molar-refractivity contribution is -0.111. The second kappa shape index (κ2) is 9.50. The standard InChI is InChI=1S/C22H24N6O3/c1-3-21(29)23-18-6-4-5-17(13-18)19-11-16(14-28-7-9-30-10-8-28)12-20(24-19)25-22-27-26-15(2)31-22/h3-6,11-13H,1,7-10,14H2,2H3,(H,23,29)(H,24,25,27). The average Bonchev–Trinajstić information content (AvgIpc) is 3.19. The van der Waals surface area contributed by atoms with Crippen LogP contribution in [0, 0.1) is 6.92 Å². The van der Waals surface area contributed by atoms with Crippen LogP contribution in [0.5, 0.6) is 0 Å². The molecule has 0 bridgehead atoms. The lowest BCUT2D eigenvalue weighted by Crippen LogP contribution is -2.35. The molecule has 1 aromatic carbocycles. The molecule has 160 valence electrons. The number of morpholine rings is 1. The van der Waals surface area contributed by atoms with Gasteiger partial charge >= 0.3 is 6.01 Å². The second-order valence-electron chi connectivity index (χ2n) is 7.16. The zero-order valence-electron chi connectivity index (χ0n) is 17.3. The molecular weight excluding hydrogens is 396 g/mol. The van der Waals surface area contributed by atoms with Gasteiger partial charge < -0.3 is 14.5 Å². The van der Waals surface area contributed by atoms with Gasteiger partial charge in [0.1, 0.15) is 5.82 Å². The number of aromatic nitrogens is 3. The van der Waals surface area contributed by atoms with Crippen LogP contribution in [0.2, 0.25) is 0 Å². The topological polar surface area (TPSA) is 105 Å². The summed E-state index contributed by atoms with van der Waals surface area (Å²) in [5.74, 6) is 0.808. The molecule has 0 radical (unpaired) electrons. The maximum absolute atomic E-state index is 11.7. The summed E-state index contributed by atoms with van der Waals surface area (Å²) < 4.78 is 10.9. The Hall–Kier alpha value is -3.56. The van der Waals surface area contributed by atoms with Crippen molar-refractivity contribution in [2.75, 3.05) is 36.9 Å². The number of carbonyl (C=O) groups excluding carboxylic acids is 1. The lowest BCUT2D eigenvalue weighted by atomic mass is 10.1. The number of hydrogen-bond donors (Lipinski definition) is 2. The molecule has 9 nitrogen and oxygen atoms in total. The third-order valence-electron chi connectivity index (χ3n) is 4.77. The van der Waals surface area contributed by atoms with Crippen LogP contribution in [0.3, 0.4) is 0 Å². The Morgan fingerprint density at radius 1 is 1.23 bits per heavy atom. The highest BCUT2D eigenvalue weighted by Gasteiger charge is 2.14. The van der Waals surface area contributed by atoms with E-state index in [2.05, 4.69) is 32.3 Å². The number of hydrogen-bond acceptors (Lipinski definition) is 8. The van der Waals surface area contributed by atoms with E-state index in [0.29, 0.717) is 17.4 Å². The quantitative estimate of drug-likeness (QED) is 0.562. The number of nitrogens with zero attached hydrogens (tertiary/aromatic N) is 4. The normalized spacial score (nSPS) is 14.2. The zero-order chi connectivity index (χ0) is 21.6. The van der Waals surface area contributed by atoms with Gasteiger partial charge in [-0.25, -0.2) is 4.98 Å². The Balaban J connectivity index is 1.65. The molecule has 1 saturated heterocycles. The molecule has 1 fully saturated rings. The van der Waals surface area contributed by atoms with Crippen molar-refractivity contribution in [3.63, 3.8) is 0 Å². The molecular formula is C22H24N6O3. The SMILES string of the molecule is C=CC(=O)Nc1cccc(-c2cc(CN3CCOCC3)cc(Nc3nnc(C)o3)n2)c1. The highest BCUT2D eigenvalue weighted by atomic mass is 16.5. The predicted molar refractivity (Wildman–Crippen MR) is 117 cm³/mol. The van der Waals surface area contributed by atoms with Crippen molar-refractivity contribution in [3.8, 4) is 11.3 Å². The van der Waals surface area contributed by atoms with E-state index in [1.54, 1.807) is 6.92 Å². The van der Waals surface area contributed by atoms with Gasteiger partial charge in [-0.05, 0) is 35.9 Å². The maximum atomic E-state index is 11.7. The van der Waals surface area contributed by atoms with Gasteiger partial charge in [0.15, 0.2) is 0 Å².